The Balaban J connectivity index is 1.88. The molecule has 5 heteroatoms. The Morgan fingerprint density at radius 3 is 2.15 bits per heavy atom. The van der Waals surface area contributed by atoms with Crippen LogP contribution in [-0.4, -0.2) is 31.4 Å². The normalized spacial score (nSPS) is 10.3. The van der Waals surface area contributed by atoms with Gasteiger partial charge >= 0.3 is 0 Å². The van der Waals surface area contributed by atoms with E-state index in [1.165, 1.54) is 0 Å². The molecule has 0 aromatic heterocycles. The topological polar surface area (TPSA) is 61.4 Å². The second-order valence-electron chi connectivity index (χ2n) is 6.25. The van der Waals surface area contributed by atoms with Crippen molar-refractivity contribution in [3.05, 3.63) is 59.2 Å². The van der Waals surface area contributed by atoms with Gasteiger partial charge in [0.2, 0.25) is 5.91 Å². The van der Waals surface area contributed by atoms with Gasteiger partial charge in [0.25, 0.3) is 5.91 Å². The first-order valence-corrected chi connectivity index (χ1v) is 8.95. The molecule has 0 unspecified atom stereocenters. The molecule has 0 spiro atoms. The van der Waals surface area contributed by atoms with Gasteiger partial charge in [0.1, 0.15) is 0 Å². The van der Waals surface area contributed by atoms with Crippen molar-refractivity contribution < 1.29 is 9.59 Å². The predicted molar refractivity (Wildman–Crippen MR) is 107 cm³/mol. The Bertz CT molecular complexity index is 765. The third kappa shape index (κ3) is 5.09. The number of hydrogen-bond donors (Lipinski definition) is 2. The Morgan fingerprint density at radius 2 is 1.58 bits per heavy atom. The van der Waals surface area contributed by atoms with Crippen LogP contribution in [0.25, 0.3) is 0 Å². The van der Waals surface area contributed by atoms with E-state index in [2.05, 4.69) is 29.4 Å². The minimum Gasteiger partial charge on any atom is -0.372 e. The number of benzene rings is 2. The monoisotopic (exact) mass is 353 g/mol. The summed E-state index contributed by atoms with van der Waals surface area (Å²) in [6, 6.07) is 13.2. The van der Waals surface area contributed by atoms with Gasteiger partial charge in [-0.1, -0.05) is 6.07 Å². The lowest BCUT2D eigenvalue weighted by atomic mass is 10.1. The minimum absolute atomic E-state index is 0.0659. The molecular formula is C21H27N3O2. The summed E-state index contributed by atoms with van der Waals surface area (Å²) < 4.78 is 0. The van der Waals surface area contributed by atoms with Crippen LogP contribution in [0.3, 0.4) is 0 Å². The van der Waals surface area contributed by atoms with Crippen molar-refractivity contribution in [1.29, 1.82) is 0 Å². The smallest absolute Gasteiger partial charge is 0.251 e. The predicted octanol–water partition coefficient (Wildman–Crippen LogP) is 3.52. The van der Waals surface area contributed by atoms with E-state index in [4.69, 9.17) is 0 Å². The summed E-state index contributed by atoms with van der Waals surface area (Å²) in [6.07, 6.45) is 0. The lowest BCUT2D eigenvalue weighted by Crippen LogP contribution is -2.32. The maximum Gasteiger partial charge on any atom is 0.251 e. The molecule has 2 N–H and O–H groups in total. The van der Waals surface area contributed by atoms with Crippen molar-refractivity contribution in [3.63, 3.8) is 0 Å². The van der Waals surface area contributed by atoms with Gasteiger partial charge in [0.15, 0.2) is 0 Å². The Morgan fingerprint density at radius 1 is 0.923 bits per heavy atom. The van der Waals surface area contributed by atoms with Gasteiger partial charge in [0, 0.05) is 30.0 Å². The summed E-state index contributed by atoms with van der Waals surface area (Å²) in [5.74, 6) is -0.502. The number of amides is 2. The highest BCUT2D eigenvalue weighted by Crippen LogP contribution is 2.17. The first kappa shape index (κ1) is 19.5. The summed E-state index contributed by atoms with van der Waals surface area (Å²) in [5.41, 5.74) is 4.58. The van der Waals surface area contributed by atoms with Crippen molar-refractivity contribution in [2.24, 2.45) is 0 Å². The number of aryl methyl sites for hydroxylation is 2. The third-order valence-corrected chi connectivity index (χ3v) is 4.46. The van der Waals surface area contributed by atoms with Crippen molar-refractivity contribution in [3.8, 4) is 0 Å². The first-order chi connectivity index (χ1) is 12.4. The standard InChI is InChI=1S/C21H27N3O2/c1-5-24(6-2)19-11-9-18(10-12-19)23-20(25)14-22-21(26)17-8-7-15(3)16(4)13-17/h7-13H,5-6,14H2,1-4H3,(H,22,26)(H,23,25). The fourth-order valence-electron chi connectivity index (χ4n) is 2.69. The van der Waals surface area contributed by atoms with E-state index >= 15 is 0 Å². The van der Waals surface area contributed by atoms with Crippen LogP contribution in [0.2, 0.25) is 0 Å². The van der Waals surface area contributed by atoms with Crippen LogP contribution >= 0.6 is 0 Å². The van der Waals surface area contributed by atoms with E-state index in [0.717, 1.165) is 29.9 Å². The zero-order valence-corrected chi connectivity index (χ0v) is 15.9. The Hall–Kier alpha value is -2.82. The van der Waals surface area contributed by atoms with Gasteiger partial charge in [-0.3, -0.25) is 9.59 Å². The van der Waals surface area contributed by atoms with Crippen LogP contribution in [0.4, 0.5) is 11.4 Å². The van der Waals surface area contributed by atoms with Crippen LogP contribution in [0, 0.1) is 13.8 Å². The number of rotatable bonds is 7. The van der Waals surface area contributed by atoms with E-state index in [-0.39, 0.29) is 18.4 Å². The maximum absolute atomic E-state index is 12.2. The van der Waals surface area contributed by atoms with E-state index in [1.807, 2.05) is 50.2 Å². The molecule has 0 atom stereocenters. The van der Waals surface area contributed by atoms with Crippen LogP contribution in [-0.2, 0) is 4.79 Å². The SMILES string of the molecule is CCN(CC)c1ccc(NC(=O)CNC(=O)c2ccc(C)c(C)c2)cc1. The third-order valence-electron chi connectivity index (χ3n) is 4.46. The van der Waals surface area contributed by atoms with Crippen LogP contribution in [0.15, 0.2) is 42.5 Å². The van der Waals surface area contributed by atoms with Crippen LogP contribution in [0.1, 0.15) is 35.3 Å². The van der Waals surface area contributed by atoms with E-state index in [9.17, 15) is 9.59 Å². The molecule has 138 valence electrons. The highest BCUT2D eigenvalue weighted by Gasteiger charge is 2.09. The largest absolute Gasteiger partial charge is 0.372 e. The summed E-state index contributed by atoms with van der Waals surface area (Å²) in [6.45, 7) is 9.98. The molecule has 26 heavy (non-hydrogen) atoms. The van der Waals surface area contributed by atoms with Gasteiger partial charge in [-0.05, 0) is 75.2 Å². The van der Waals surface area contributed by atoms with Crippen molar-refractivity contribution in [2.45, 2.75) is 27.7 Å². The molecule has 0 heterocycles. The van der Waals surface area contributed by atoms with Gasteiger partial charge in [-0.25, -0.2) is 0 Å². The van der Waals surface area contributed by atoms with Crippen LogP contribution < -0.4 is 15.5 Å². The maximum atomic E-state index is 12.2. The van der Waals surface area contributed by atoms with Crippen molar-refractivity contribution in [1.82, 2.24) is 5.32 Å². The molecule has 2 aromatic rings. The summed E-state index contributed by atoms with van der Waals surface area (Å²) in [4.78, 5) is 26.4. The zero-order valence-electron chi connectivity index (χ0n) is 15.9. The van der Waals surface area contributed by atoms with E-state index < -0.39 is 0 Å². The summed E-state index contributed by atoms with van der Waals surface area (Å²) >= 11 is 0. The molecule has 0 fully saturated rings. The van der Waals surface area contributed by atoms with Crippen molar-refractivity contribution in [2.75, 3.05) is 29.9 Å². The fraction of sp³-hybridized carbons (Fsp3) is 0.333. The highest BCUT2D eigenvalue weighted by atomic mass is 16.2. The molecular weight excluding hydrogens is 326 g/mol. The Labute approximate surface area is 155 Å². The number of carbonyl (C=O) groups excluding carboxylic acids is 2. The van der Waals surface area contributed by atoms with Crippen molar-refractivity contribution >= 4 is 23.2 Å². The first-order valence-electron chi connectivity index (χ1n) is 8.95. The average Bonchev–Trinajstić information content (AvgIpc) is 2.64. The van der Waals surface area contributed by atoms with Gasteiger partial charge < -0.3 is 15.5 Å². The van der Waals surface area contributed by atoms with E-state index in [1.54, 1.807) is 6.07 Å². The quantitative estimate of drug-likeness (QED) is 0.801. The molecule has 2 amide bonds. The molecule has 0 aliphatic heterocycles. The molecule has 0 saturated carbocycles. The number of carbonyl (C=O) groups is 2. The number of anilines is 2. The molecule has 5 nitrogen and oxygen atoms in total. The van der Waals surface area contributed by atoms with Gasteiger partial charge in [0.05, 0.1) is 6.54 Å². The highest BCUT2D eigenvalue weighted by molar-refractivity contribution is 5.99. The number of nitrogens with one attached hydrogen (secondary N) is 2. The summed E-state index contributed by atoms with van der Waals surface area (Å²) in [5, 5.41) is 5.45. The van der Waals surface area contributed by atoms with Crippen LogP contribution in [0.5, 0.6) is 0 Å². The molecule has 2 rings (SSSR count). The molecule has 2 aromatic carbocycles. The average molecular weight is 353 g/mol. The molecule has 0 saturated heterocycles. The second-order valence-corrected chi connectivity index (χ2v) is 6.25. The fourth-order valence-corrected chi connectivity index (χ4v) is 2.69. The minimum atomic E-state index is -0.252. The molecule has 0 bridgehead atoms. The zero-order chi connectivity index (χ0) is 19.1. The lowest BCUT2D eigenvalue weighted by molar-refractivity contribution is -0.115. The molecule has 0 radical (unpaired) electrons. The second kappa shape index (κ2) is 9.04. The Kier molecular flexibility index (Phi) is 6.78. The lowest BCUT2D eigenvalue weighted by Gasteiger charge is -2.21. The van der Waals surface area contributed by atoms with Gasteiger partial charge in [-0.15, -0.1) is 0 Å². The number of hydrogen-bond acceptors (Lipinski definition) is 3. The van der Waals surface area contributed by atoms with E-state index in [0.29, 0.717) is 11.3 Å². The van der Waals surface area contributed by atoms with Gasteiger partial charge in [-0.2, -0.15) is 0 Å². The summed E-state index contributed by atoms with van der Waals surface area (Å²) in [7, 11) is 0. The molecule has 0 aliphatic carbocycles. The number of nitrogens with zero attached hydrogens (tertiary/aromatic N) is 1. The molecule has 0 aliphatic rings.